The van der Waals surface area contributed by atoms with Crippen molar-refractivity contribution in [1.29, 1.82) is 0 Å². The van der Waals surface area contributed by atoms with Gasteiger partial charge in [0.15, 0.2) is 5.11 Å². The molecule has 13 heavy (non-hydrogen) atoms. The minimum absolute atomic E-state index is 0.374. The SMILES string of the molecule is C=CCNC(=S)N1CCOCC1C. The van der Waals surface area contributed by atoms with Gasteiger partial charge in [0.25, 0.3) is 0 Å². The van der Waals surface area contributed by atoms with Gasteiger partial charge in [-0.25, -0.2) is 0 Å². The average molecular weight is 200 g/mol. The second-order valence-electron chi connectivity index (χ2n) is 3.09. The monoisotopic (exact) mass is 200 g/mol. The fraction of sp³-hybridized carbons (Fsp3) is 0.667. The summed E-state index contributed by atoms with van der Waals surface area (Å²) in [4.78, 5) is 2.16. The maximum Gasteiger partial charge on any atom is 0.169 e. The molecule has 0 amide bonds. The van der Waals surface area contributed by atoms with Crippen LogP contribution >= 0.6 is 12.2 Å². The van der Waals surface area contributed by atoms with Crippen LogP contribution in [0.4, 0.5) is 0 Å². The number of hydrogen-bond donors (Lipinski definition) is 1. The molecule has 1 rings (SSSR count). The molecule has 0 saturated carbocycles. The van der Waals surface area contributed by atoms with E-state index in [1.807, 2.05) is 0 Å². The van der Waals surface area contributed by atoms with Crippen LogP contribution in [0.2, 0.25) is 0 Å². The van der Waals surface area contributed by atoms with Gasteiger partial charge in [-0.2, -0.15) is 0 Å². The van der Waals surface area contributed by atoms with E-state index in [1.54, 1.807) is 6.08 Å². The van der Waals surface area contributed by atoms with E-state index >= 15 is 0 Å². The van der Waals surface area contributed by atoms with Gasteiger partial charge in [-0.15, -0.1) is 6.58 Å². The molecule has 74 valence electrons. The number of nitrogens with zero attached hydrogens (tertiary/aromatic N) is 1. The predicted octanol–water partition coefficient (Wildman–Crippen LogP) is 0.768. The lowest BCUT2D eigenvalue weighted by Gasteiger charge is -2.35. The van der Waals surface area contributed by atoms with Crippen molar-refractivity contribution in [3.05, 3.63) is 12.7 Å². The molecule has 0 radical (unpaired) electrons. The van der Waals surface area contributed by atoms with Crippen molar-refractivity contribution in [3.8, 4) is 0 Å². The van der Waals surface area contributed by atoms with E-state index in [1.165, 1.54) is 0 Å². The van der Waals surface area contributed by atoms with Crippen LogP contribution in [-0.2, 0) is 4.74 Å². The molecule has 1 aliphatic rings. The van der Waals surface area contributed by atoms with E-state index in [2.05, 4.69) is 23.7 Å². The summed E-state index contributed by atoms with van der Waals surface area (Å²) in [5.74, 6) is 0. The van der Waals surface area contributed by atoms with Gasteiger partial charge in [-0.05, 0) is 19.1 Å². The smallest absolute Gasteiger partial charge is 0.169 e. The summed E-state index contributed by atoms with van der Waals surface area (Å²) in [5.41, 5.74) is 0. The van der Waals surface area contributed by atoms with Crippen molar-refractivity contribution in [1.82, 2.24) is 10.2 Å². The number of morpholine rings is 1. The summed E-state index contributed by atoms with van der Waals surface area (Å²) < 4.78 is 5.32. The molecule has 1 fully saturated rings. The van der Waals surface area contributed by atoms with Gasteiger partial charge in [0.05, 0.1) is 19.3 Å². The van der Waals surface area contributed by atoms with Crippen LogP contribution in [0.3, 0.4) is 0 Å². The molecular formula is C9H16N2OS. The highest BCUT2D eigenvalue weighted by atomic mass is 32.1. The van der Waals surface area contributed by atoms with Crippen LogP contribution in [0.1, 0.15) is 6.92 Å². The molecule has 0 aromatic carbocycles. The molecule has 0 bridgehead atoms. The van der Waals surface area contributed by atoms with Crippen LogP contribution in [0.25, 0.3) is 0 Å². The van der Waals surface area contributed by atoms with E-state index in [0.29, 0.717) is 6.04 Å². The third kappa shape index (κ3) is 2.97. The fourth-order valence-electron chi connectivity index (χ4n) is 1.29. The largest absolute Gasteiger partial charge is 0.377 e. The highest BCUT2D eigenvalue weighted by Gasteiger charge is 2.20. The first-order chi connectivity index (χ1) is 6.25. The highest BCUT2D eigenvalue weighted by Crippen LogP contribution is 2.05. The van der Waals surface area contributed by atoms with Gasteiger partial charge in [0.1, 0.15) is 0 Å². The molecule has 1 heterocycles. The molecule has 1 unspecified atom stereocenters. The first-order valence-electron chi connectivity index (χ1n) is 4.49. The van der Waals surface area contributed by atoms with Gasteiger partial charge < -0.3 is 15.0 Å². The predicted molar refractivity (Wildman–Crippen MR) is 57.8 cm³/mol. The molecule has 0 aliphatic carbocycles. The van der Waals surface area contributed by atoms with Crippen molar-refractivity contribution in [2.24, 2.45) is 0 Å². The van der Waals surface area contributed by atoms with Gasteiger partial charge in [-0.3, -0.25) is 0 Å². The van der Waals surface area contributed by atoms with Crippen LogP contribution in [-0.4, -0.2) is 42.4 Å². The van der Waals surface area contributed by atoms with Crippen molar-refractivity contribution in [2.45, 2.75) is 13.0 Å². The standard InChI is InChI=1S/C9H16N2OS/c1-3-4-10-9(13)11-5-6-12-7-8(11)2/h3,8H,1,4-7H2,2H3,(H,10,13). The molecule has 0 aromatic heterocycles. The minimum Gasteiger partial charge on any atom is -0.377 e. The molecule has 0 spiro atoms. The molecule has 3 nitrogen and oxygen atoms in total. The van der Waals surface area contributed by atoms with Crippen molar-refractivity contribution in [2.75, 3.05) is 26.3 Å². The first-order valence-corrected chi connectivity index (χ1v) is 4.89. The van der Waals surface area contributed by atoms with Crippen LogP contribution in [0, 0.1) is 0 Å². The van der Waals surface area contributed by atoms with Crippen LogP contribution in [0.5, 0.6) is 0 Å². The molecule has 1 aliphatic heterocycles. The lowest BCUT2D eigenvalue weighted by molar-refractivity contribution is 0.0329. The highest BCUT2D eigenvalue weighted by molar-refractivity contribution is 7.80. The Kier molecular flexibility index (Phi) is 4.18. The number of hydrogen-bond acceptors (Lipinski definition) is 2. The zero-order valence-electron chi connectivity index (χ0n) is 7.95. The summed E-state index contributed by atoms with van der Waals surface area (Å²) in [7, 11) is 0. The summed E-state index contributed by atoms with van der Waals surface area (Å²) in [5, 5.41) is 3.92. The zero-order chi connectivity index (χ0) is 9.68. The third-order valence-corrected chi connectivity index (χ3v) is 2.40. The Bertz CT molecular complexity index is 196. The Morgan fingerprint density at radius 2 is 2.62 bits per heavy atom. The van der Waals surface area contributed by atoms with Crippen LogP contribution < -0.4 is 5.32 Å². The number of rotatable bonds is 2. The molecule has 4 heteroatoms. The van der Waals surface area contributed by atoms with E-state index in [9.17, 15) is 0 Å². The zero-order valence-corrected chi connectivity index (χ0v) is 8.77. The van der Waals surface area contributed by atoms with Gasteiger partial charge in [0, 0.05) is 13.1 Å². The van der Waals surface area contributed by atoms with Crippen LogP contribution in [0.15, 0.2) is 12.7 Å². The Morgan fingerprint density at radius 1 is 1.85 bits per heavy atom. The fourth-order valence-corrected chi connectivity index (χ4v) is 1.64. The van der Waals surface area contributed by atoms with E-state index in [0.717, 1.165) is 31.4 Å². The normalized spacial score (nSPS) is 22.5. The quantitative estimate of drug-likeness (QED) is 0.525. The van der Waals surface area contributed by atoms with E-state index < -0.39 is 0 Å². The minimum atomic E-state index is 0.374. The molecule has 1 saturated heterocycles. The summed E-state index contributed by atoms with van der Waals surface area (Å²) in [6, 6.07) is 0.374. The summed E-state index contributed by atoms with van der Waals surface area (Å²) in [6.07, 6.45) is 1.80. The van der Waals surface area contributed by atoms with Gasteiger partial charge in [0.2, 0.25) is 0 Å². The summed E-state index contributed by atoms with van der Waals surface area (Å²) in [6.45, 7) is 8.87. The van der Waals surface area contributed by atoms with Crippen molar-refractivity contribution >= 4 is 17.3 Å². The second-order valence-corrected chi connectivity index (χ2v) is 3.48. The van der Waals surface area contributed by atoms with Crippen molar-refractivity contribution in [3.63, 3.8) is 0 Å². The lowest BCUT2D eigenvalue weighted by atomic mass is 10.3. The Morgan fingerprint density at radius 3 is 3.23 bits per heavy atom. The Balaban J connectivity index is 2.39. The molecule has 1 N–H and O–H groups in total. The maximum atomic E-state index is 5.32. The van der Waals surface area contributed by atoms with E-state index in [4.69, 9.17) is 17.0 Å². The second kappa shape index (κ2) is 5.19. The van der Waals surface area contributed by atoms with Gasteiger partial charge in [-0.1, -0.05) is 6.08 Å². The molecular weight excluding hydrogens is 184 g/mol. The number of ether oxygens (including phenoxy) is 1. The topological polar surface area (TPSA) is 24.5 Å². The van der Waals surface area contributed by atoms with E-state index in [-0.39, 0.29) is 0 Å². The lowest BCUT2D eigenvalue weighted by Crippen LogP contribution is -2.51. The summed E-state index contributed by atoms with van der Waals surface area (Å²) >= 11 is 5.23. The maximum absolute atomic E-state index is 5.32. The number of thiocarbonyl (C=S) groups is 1. The Labute approximate surface area is 84.7 Å². The first kappa shape index (κ1) is 10.5. The third-order valence-electron chi connectivity index (χ3n) is 2.03. The van der Waals surface area contributed by atoms with Gasteiger partial charge >= 0.3 is 0 Å². The molecule has 1 atom stereocenters. The average Bonchev–Trinajstić information content (AvgIpc) is 2.15. The Hall–Kier alpha value is -0.610. The molecule has 0 aromatic rings. The number of nitrogens with one attached hydrogen (secondary N) is 1. The van der Waals surface area contributed by atoms with Crippen molar-refractivity contribution < 1.29 is 4.74 Å².